The first-order chi connectivity index (χ1) is 16.1. The number of phenolic OH excluding ortho intramolecular Hbond substituents is 2. The third-order valence-corrected chi connectivity index (χ3v) is 7.45. The number of amides is 1. The fourth-order valence-electron chi connectivity index (χ4n) is 5.69. The number of ketones is 2. The van der Waals surface area contributed by atoms with E-state index in [1.54, 1.807) is 33.2 Å². The van der Waals surface area contributed by atoms with Crippen LogP contribution in [0.2, 0.25) is 0 Å². The number of benzene rings is 2. The highest BCUT2D eigenvalue weighted by Gasteiger charge is 2.62. The number of carbonyl (C=O) groups is 3. The molecule has 186 valence electrons. The van der Waals surface area contributed by atoms with Crippen LogP contribution in [0.3, 0.4) is 0 Å². The molecule has 0 saturated carbocycles. The van der Waals surface area contributed by atoms with Crippen LogP contribution in [0, 0.1) is 12.8 Å². The molecule has 0 radical (unpaired) electrons. The molecular weight excluding hydrogens is 452 g/mol. The highest BCUT2D eigenvalue weighted by atomic mass is 16.3. The molecule has 2 aliphatic rings. The van der Waals surface area contributed by atoms with Crippen LogP contribution in [-0.4, -0.2) is 68.5 Å². The monoisotopic (exact) mass is 482 g/mol. The molecule has 2 aromatic rings. The van der Waals surface area contributed by atoms with Crippen molar-refractivity contribution in [2.45, 2.75) is 51.2 Å². The lowest BCUT2D eigenvalue weighted by Gasteiger charge is -2.47. The number of aliphatic hydroxyl groups is 2. The first-order valence-electron chi connectivity index (χ1n) is 11.3. The van der Waals surface area contributed by atoms with Crippen LogP contribution >= 0.6 is 0 Å². The van der Waals surface area contributed by atoms with E-state index in [1.807, 2.05) is 20.8 Å². The summed E-state index contributed by atoms with van der Waals surface area (Å²) in [5, 5.41) is 45.5. The molecule has 2 aromatic carbocycles. The number of Topliss-reactive ketones (excluding diaryl/α,β-unsaturated/α-hetero) is 2. The number of nitrogens with zero attached hydrogens (tertiary/aromatic N) is 1. The van der Waals surface area contributed by atoms with E-state index in [4.69, 9.17) is 5.73 Å². The molecule has 9 heteroatoms. The van der Waals surface area contributed by atoms with Gasteiger partial charge in [0.15, 0.2) is 11.4 Å². The van der Waals surface area contributed by atoms with E-state index in [0.29, 0.717) is 22.1 Å². The lowest BCUT2D eigenvalue weighted by molar-refractivity contribution is -0.132. The van der Waals surface area contributed by atoms with Gasteiger partial charge in [0.1, 0.15) is 22.8 Å². The van der Waals surface area contributed by atoms with Crippen LogP contribution in [0.15, 0.2) is 23.5 Å². The van der Waals surface area contributed by atoms with Gasteiger partial charge >= 0.3 is 0 Å². The Morgan fingerprint density at radius 1 is 1.11 bits per heavy atom. The average molecular weight is 483 g/mol. The van der Waals surface area contributed by atoms with Gasteiger partial charge < -0.3 is 26.2 Å². The smallest absolute Gasteiger partial charge is 0.255 e. The third-order valence-electron chi connectivity index (χ3n) is 7.45. The molecule has 2 aliphatic carbocycles. The minimum Gasteiger partial charge on any atom is -0.508 e. The van der Waals surface area contributed by atoms with Crippen molar-refractivity contribution < 1.29 is 34.8 Å². The van der Waals surface area contributed by atoms with Crippen molar-refractivity contribution in [1.82, 2.24) is 4.90 Å². The molecule has 0 spiro atoms. The third kappa shape index (κ3) is 3.11. The first-order valence-corrected chi connectivity index (χ1v) is 11.3. The Morgan fingerprint density at radius 2 is 1.71 bits per heavy atom. The van der Waals surface area contributed by atoms with Crippen LogP contribution in [0.4, 0.5) is 0 Å². The molecule has 0 aromatic heterocycles. The van der Waals surface area contributed by atoms with Crippen molar-refractivity contribution in [3.05, 3.63) is 45.7 Å². The zero-order valence-corrected chi connectivity index (χ0v) is 20.6. The Balaban J connectivity index is 2.11. The van der Waals surface area contributed by atoms with Crippen molar-refractivity contribution in [3.8, 4) is 11.5 Å². The maximum Gasteiger partial charge on any atom is 0.255 e. The Morgan fingerprint density at radius 3 is 2.23 bits per heavy atom. The van der Waals surface area contributed by atoms with Crippen molar-refractivity contribution in [1.29, 1.82) is 0 Å². The van der Waals surface area contributed by atoms with Crippen LogP contribution in [-0.2, 0) is 21.4 Å². The largest absolute Gasteiger partial charge is 0.508 e. The second-order valence-corrected chi connectivity index (χ2v) is 10.7. The summed E-state index contributed by atoms with van der Waals surface area (Å²) in [6, 6.07) is 2.39. The zero-order valence-electron chi connectivity index (χ0n) is 20.6. The van der Waals surface area contributed by atoms with Crippen molar-refractivity contribution in [2.75, 3.05) is 14.1 Å². The molecule has 1 unspecified atom stereocenters. The summed E-state index contributed by atoms with van der Waals surface area (Å²) in [4.78, 5) is 40.5. The Kier molecular flexibility index (Phi) is 5.31. The number of aromatic hydroxyl groups is 2. The molecule has 35 heavy (non-hydrogen) atoms. The van der Waals surface area contributed by atoms with E-state index in [1.165, 1.54) is 4.90 Å². The van der Waals surface area contributed by atoms with Gasteiger partial charge in [0.25, 0.3) is 5.91 Å². The number of aryl methyl sites for hydroxylation is 1. The Hall–Kier alpha value is -3.43. The van der Waals surface area contributed by atoms with Crippen molar-refractivity contribution in [3.63, 3.8) is 0 Å². The molecule has 0 heterocycles. The van der Waals surface area contributed by atoms with E-state index in [0.717, 1.165) is 0 Å². The normalized spacial score (nSPS) is 24.7. The van der Waals surface area contributed by atoms with E-state index >= 15 is 0 Å². The predicted molar refractivity (Wildman–Crippen MR) is 129 cm³/mol. The van der Waals surface area contributed by atoms with Crippen LogP contribution < -0.4 is 5.73 Å². The van der Waals surface area contributed by atoms with E-state index < -0.39 is 57.5 Å². The maximum atomic E-state index is 13.9. The number of rotatable bonds is 2. The number of phenols is 2. The van der Waals surface area contributed by atoms with Gasteiger partial charge in [0, 0.05) is 11.5 Å². The number of hydrogen-bond acceptors (Lipinski definition) is 8. The van der Waals surface area contributed by atoms with E-state index in [-0.39, 0.29) is 23.1 Å². The molecule has 3 atom stereocenters. The fourth-order valence-corrected chi connectivity index (χ4v) is 5.69. The van der Waals surface area contributed by atoms with Crippen LogP contribution in [0.25, 0.3) is 10.8 Å². The van der Waals surface area contributed by atoms with E-state index in [9.17, 15) is 34.8 Å². The van der Waals surface area contributed by atoms with Gasteiger partial charge in [-0.25, -0.2) is 0 Å². The number of primary amides is 1. The Labute approximate surface area is 202 Å². The lowest BCUT2D eigenvalue weighted by atomic mass is 9.61. The SMILES string of the molecule is Cc1c2c(c(O)c3c(O)c(C(C)(C)C)ccc13)C(=O)[C@]1(O)C(O)=C(C(N)=O)C(=O)C(N(C)C)[C@@H]1C2. The van der Waals surface area contributed by atoms with Gasteiger partial charge in [-0.15, -0.1) is 0 Å². The van der Waals surface area contributed by atoms with Gasteiger partial charge in [0.05, 0.1) is 17.0 Å². The quantitative estimate of drug-likeness (QED) is 0.405. The molecule has 0 aliphatic heterocycles. The number of aliphatic hydroxyl groups excluding tert-OH is 1. The maximum absolute atomic E-state index is 13.9. The molecule has 6 N–H and O–H groups in total. The molecule has 9 nitrogen and oxygen atoms in total. The topological polar surface area (TPSA) is 161 Å². The average Bonchev–Trinajstić information content (AvgIpc) is 2.72. The summed E-state index contributed by atoms with van der Waals surface area (Å²) >= 11 is 0. The minimum absolute atomic E-state index is 0.0544. The van der Waals surface area contributed by atoms with Gasteiger partial charge in [-0.3, -0.25) is 19.3 Å². The summed E-state index contributed by atoms with van der Waals surface area (Å²) in [6.45, 7) is 7.41. The van der Waals surface area contributed by atoms with Crippen LogP contribution in [0.1, 0.15) is 47.8 Å². The highest BCUT2D eigenvalue weighted by molar-refractivity contribution is 6.25. The molecular formula is C26H30N2O7. The predicted octanol–water partition coefficient (Wildman–Crippen LogP) is 1.75. The number of carbonyl (C=O) groups excluding carboxylic acids is 3. The fraction of sp³-hybridized carbons (Fsp3) is 0.423. The molecule has 1 amide bonds. The second-order valence-electron chi connectivity index (χ2n) is 10.7. The molecule has 4 rings (SSSR count). The zero-order chi connectivity index (χ0) is 26.4. The summed E-state index contributed by atoms with van der Waals surface area (Å²) in [6.07, 6.45) is -0.0562. The number of nitrogens with two attached hydrogens (primary N) is 1. The lowest BCUT2D eigenvalue weighted by Crippen LogP contribution is -2.64. The number of hydrogen-bond donors (Lipinski definition) is 5. The first kappa shape index (κ1) is 24.7. The Bertz CT molecular complexity index is 1370. The van der Waals surface area contributed by atoms with Gasteiger partial charge in [-0.1, -0.05) is 32.9 Å². The van der Waals surface area contributed by atoms with Gasteiger partial charge in [-0.05, 0) is 49.4 Å². The summed E-state index contributed by atoms with van der Waals surface area (Å²) in [7, 11) is 3.11. The molecule has 0 saturated heterocycles. The second kappa shape index (κ2) is 7.53. The summed E-state index contributed by atoms with van der Waals surface area (Å²) in [5.41, 5.74) is 2.63. The minimum atomic E-state index is -2.67. The van der Waals surface area contributed by atoms with E-state index in [2.05, 4.69) is 0 Å². The number of likely N-dealkylation sites (N-methyl/N-ethyl adjacent to an activating group) is 1. The summed E-state index contributed by atoms with van der Waals surface area (Å²) in [5.74, 6) is -6.11. The molecule has 0 bridgehead atoms. The van der Waals surface area contributed by atoms with Crippen molar-refractivity contribution >= 4 is 28.2 Å². The standard InChI is InChI=1S/C26H30N2O7/c1-10-11-7-8-13(25(2,3)4)19(29)15(11)20(30)16-12(10)9-14-18(28(5)6)21(31)17(24(27)34)23(33)26(14,35)22(16)32/h7-8,14,18,29-30,33,35H,9H2,1-6H3,(H2,27,34)/t14-,18?,26-/m0/s1. The van der Waals surface area contributed by atoms with Crippen LogP contribution in [0.5, 0.6) is 11.5 Å². The van der Waals surface area contributed by atoms with Crippen molar-refractivity contribution in [2.24, 2.45) is 11.7 Å². The van der Waals surface area contributed by atoms with Gasteiger partial charge in [0.2, 0.25) is 5.78 Å². The molecule has 0 fully saturated rings. The summed E-state index contributed by atoms with van der Waals surface area (Å²) < 4.78 is 0. The highest BCUT2D eigenvalue weighted by Crippen LogP contribution is 2.51. The van der Waals surface area contributed by atoms with Gasteiger partial charge in [-0.2, -0.15) is 0 Å². The number of fused-ring (bicyclic) bond motifs is 3.